The van der Waals surface area contributed by atoms with Crippen LogP contribution in [0.25, 0.3) is 0 Å². The summed E-state index contributed by atoms with van der Waals surface area (Å²) in [5.74, 6) is 0. The second-order valence-electron chi connectivity index (χ2n) is 4.08. The highest BCUT2D eigenvalue weighted by Crippen LogP contribution is 2.12. The van der Waals surface area contributed by atoms with Crippen molar-refractivity contribution in [3.8, 4) is 0 Å². The highest BCUT2D eigenvalue weighted by atomic mass is 35.5. The van der Waals surface area contributed by atoms with Gasteiger partial charge in [0.15, 0.2) is 0 Å². The smallest absolute Gasteiger partial charge is 0.0785 e. The van der Waals surface area contributed by atoms with E-state index < -0.39 is 5.60 Å². The highest BCUT2D eigenvalue weighted by Gasteiger charge is 2.16. The normalized spacial score (nSPS) is 15.2. The summed E-state index contributed by atoms with van der Waals surface area (Å²) in [6.45, 7) is 2.89. The van der Waals surface area contributed by atoms with Gasteiger partial charge in [-0.2, -0.15) is 5.10 Å². The predicted octanol–water partition coefficient (Wildman–Crippen LogP) is 1.42. The molecule has 0 spiro atoms. The Kier molecular flexibility index (Phi) is 4.57. The standard InChI is InChI=1S/C10H18ClN3O/c1-10(15,8-12)4-2-3-5-14-7-9(11)6-13-14/h6-7,15H,2-5,8,12H2,1H3. The average molecular weight is 232 g/mol. The third kappa shape index (κ3) is 4.64. The minimum atomic E-state index is -0.734. The van der Waals surface area contributed by atoms with Crippen LogP contribution >= 0.6 is 11.6 Å². The Labute approximate surface area is 95.0 Å². The SMILES string of the molecule is CC(O)(CN)CCCCn1cc(Cl)cn1. The fraction of sp³-hybridized carbons (Fsp3) is 0.700. The number of nitrogens with zero attached hydrogens (tertiary/aromatic N) is 2. The van der Waals surface area contributed by atoms with Crippen LogP contribution in [0.2, 0.25) is 5.02 Å². The maximum atomic E-state index is 9.66. The summed E-state index contributed by atoms with van der Waals surface area (Å²) < 4.78 is 1.81. The van der Waals surface area contributed by atoms with E-state index in [1.165, 1.54) is 0 Å². The Balaban J connectivity index is 2.17. The summed E-state index contributed by atoms with van der Waals surface area (Å²) in [4.78, 5) is 0. The molecule has 0 aliphatic carbocycles. The van der Waals surface area contributed by atoms with Gasteiger partial charge in [-0.05, 0) is 26.2 Å². The van der Waals surface area contributed by atoms with Crippen LogP contribution < -0.4 is 5.73 Å². The van der Waals surface area contributed by atoms with Gasteiger partial charge in [-0.25, -0.2) is 0 Å². The van der Waals surface area contributed by atoms with E-state index in [0.29, 0.717) is 11.6 Å². The highest BCUT2D eigenvalue weighted by molar-refractivity contribution is 6.30. The zero-order chi connectivity index (χ0) is 11.3. The summed E-state index contributed by atoms with van der Waals surface area (Å²) >= 11 is 5.73. The molecular formula is C10H18ClN3O. The van der Waals surface area contributed by atoms with Crippen LogP contribution in [0.3, 0.4) is 0 Å². The van der Waals surface area contributed by atoms with Gasteiger partial charge in [-0.15, -0.1) is 0 Å². The maximum Gasteiger partial charge on any atom is 0.0785 e. The molecule has 1 atom stereocenters. The average Bonchev–Trinajstić information content (AvgIpc) is 2.59. The van der Waals surface area contributed by atoms with E-state index in [2.05, 4.69) is 5.10 Å². The van der Waals surface area contributed by atoms with Gasteiger partial charge in [0.2, 0.25) is 0 Å². The van der Waals surface area contributed by atoms with Gasteiger partial charge in [-0.3, -0.25) is 4.68 Å². The molecule has 1 rings (SSSR count). The van der Waals surface area contributed by atoms with Crippen molar-refractivity contribution in [2.75, 3.05) is 6.54 Å². The molecule has 0 aromatic carbocycles. The Hall–Kier alpha value is -0.580. The van der Waals surface area contributed by atoms with Crippen LogP contribution in [0, 0.1) is 0 Å². The van der Waals surface area contributed by atoms with Crippen molar-refractivity contribution in [1.82, 2.24) is 9.78 Å². The van der Waals surface area contributed by atoms with Crippen LogP contribution in [-0.2, 0) is 6.54 Å². The van der Waals surface area contributed by atoms with Gasteiger partial charge in [-0.1, -0.05) is 11.6 Å². The number of rotatable bonds is 6. The lowest BCUT2D eigenvalue weighted by molar-refractivity contribution is 0.0569. The molecule has 0 amide bonds. The lowest BCUT2D eigenvalue weighted by Gasteiger charge is -2.20. The minimum Gasteiger partial charge on any atom is -0.389 e. The molecule has 3 N–H and O–H groups in total. The number of hydrogen-bond donors (Lipinski definition) is 2. The summed E-state index contributed by atoms with van der Waals surface area (Å²) in [5.41, 5.74) is 4.68. The minimum absolute atomic E-state index is 0.306. The Bertz CT molecular complexity index is 299. The van der Waals surface area contributed by atoms with E-state index in [-0.39, 0.29) is 0 Å². The Morgan fingerprint density at radius 2 is 2.33 bits per heavy atom. The van der Waals surface area contributed by atoms with Gasteiger partial charge in [0, 0.05) is 19.3 Å². The van der Waals surface area contributed by atoms with E-state index >= 15 is 0 Å². The number of halogens is 1. The third-order valence-corrected chi connectivity index (χ3v) is 2.59. The van der Waals surface area contributed by atoms with Gasteiger partial charge >= 0.3 is 0 Å². The van der Waals surface area contributed by atoms with Gasteiger partial charge < -0.3 is 10.8 Å². The van der Waals surface area contributed by atoms with Crippen molar-refractivity contribution in [2.45, 2.75) is 38.3 Å². The largest absolute Gasteiger partial charge is 0.389 e. The number of nitrogens with two attached hydrogens (primary N) is 1. The Morgan fingerprint density at radius 3 is 2.87 bits per heavy atom. The number of aryl methyl sites for hydroxylation is 1. The van der Waals surface area contributed by atoms with E-state index in [1.54, 1.807) is 24.0 Å². The first-order valence-corrected chi connectivity index (χ1v) is 5.52. The quantitative estimate of drug-likeness (QED) is 0.728. The van der Waals surface area contributed by atoms with E-state index in [1.807, 2.05) is 0 Å². The van der Waals surface area contributed by atoms with Crippen molar-refractivity contribution in [3.05, 3.63) is 17.4 Å². The first-order valence-electron chi connectivity index (χ1n) is 5.14. The lowest BCUT2D eigenvalue weighted by Crippen LogP contribution is -2.33. The van der Waals surface area contributed by atoms with Crippen LogP contribution in [0.4, 0.5) is 0 Å². The molecule has 0 saturated heterocycles. The van der Waals surface area contributed by atoms with E-state index in [0.717, 1.165) is 25.8 Å². The molecule has 15 heavy (non-hydrogen) atoms. The predicted molar refractivity (Wildman–Crippen MR) is 60.8 cm³/mol. The molecule has 1 aromatic heterocycles. The zero-order valence-corrected chi connectivity index (χ0v) is 9.74. The summed E-state index contributed by atoms with van der Waals surface area (Å²) in [7, 11) is 0. The summed E-state index contributed by atoms with van der Waals surface area (Å²) in [6.07, 6.45) is 6.04. The molecule has 1 unspecified atom stereocenters. The molecule has 1 heterocycles. The second-order valence-corrected chi connectivity index (χ2v) is 4.52. The fourth-order valence-corrected chi connectivity index (χ4v) is 1.50. The summed E-state index contributed by atoms with van der Waals surface area (Å²) in [6, 6.07) is 0. The number of aromatic nitrogens is 2. The van der Waals surface area contributed by atoms with Crippen molar-refractivity contribution < 1.29 is 5.11 Å². The zero-order valence-electron chi connectivity index (χ0n) is 8.99. The molecule has 1 aromatic rings. The van der Waals surface area contributed by atoms with Crippen LogP contribution in [0.1, 0.15) is 26.2 Å². The first-order chi connectivity index (χ1) is 7.03. The van der Waals surface area contributed by atoms with Crippen LogP contribution in [0.15, 0.2) is 12.4 Å². The first kappa shape index (κ1) is 12.5. The van der Waals surface area contributed by atoms with Crippen molar-refractivity contribution >= 4 is 11.6 Å². The molecule has 0 radical (unpaired) electrons. The molecule has 4 nitrogen and oxygen atoms in total. The molecule has 0 aliphatic heterocycles. The van der Waals surface area contributed by atoms with E-state index in [4.69, 9.17) is 17.3 Å². The number of aliphatic hydroxyl groups is 1. The van der Waals surface area contributed by atoms with Crippen molar-refractivity contribution in [3.63, 3.8) is 0 Å². The maximum absolute atomic E-state index is 9.66. The number of unbranched alkanes of at least 4 members (excludes halogenated alkanes) is 1. The molecule has 0 fully saturated rings. The Morgan fingerprint density at radius 1 is 1.60 bits per heavy atom. The molecule has 0 bridgehead atoms. The van der Waals surface area contributed by atoms with Crippen molar-refractivity contribution in [2.24, 2.45) is 5.73 Å². The molecular weight excluding hydrogens is 214 g/mol. The summed E-state index contributed by atoms with van der Waals surface area (Å²) in [5, 5.41) is 14.4. The molecule has 0 aliphatic rings. The molecule has 86 valence electrons. The van der Waals surface area contributed by atoms with Gasteiger partial charge in [0.05, 0.1) is 16.8 Å². The van der Waals surface area contributed by atoms with Gasteiger partial charge in [0.1, 0.15) is 0 Å². The third-order valence-electron chi connectivity index (χ3n) is 2.39. The topological polar surface area (TPSA) is 64.1 Å². The van der Waals surface area contributed by atoms with E-state index in [9.17, 15) is 5.11 Å². The van der Waals surface area contributed by atoms with Gasteiger partial charge in [0.25, 0.3) is 0 Å². The lowest BCUT2D eigenvalue weighted by atomic mass is 9.99. The van der Waals surface area contributed by atoms with Crippen LogP contribution in [0.5, 0.6) is 0 Å². The monoisotopic (exact) mass is 231 g/mol. The second kappa shape index (κ2) is 5.49. The fourth-order valence-electron chi connectivity index (χ4n) is 1.34. The molecule has 0 saturated carbocycles. The number of hydrogen-bond acceptors (Lipinski definition) is 3. The molecule has 5 heteroatoms. The van der Waals surface area contributed by atoms with Crippen molar-refractivity contribution in [1.29, 1.82) is 0 Å². The van der Waals surface area contributed by atoms with Crippen LogP contribution in [-0.4, -0.2) is 27.0 Å².